The molecule has 0 saturated carbocycles. The highest BCUT2D eigenvalue weighted by atomic mass is 32.2. The number of likely N-dealkylation sites (N-methyl/N-ethyl adjacent to an activating group) is 2. The van der Waals surface area contributed by atoms with E-state index in [0.29, 0.717) is 23.1 Å². The predicted molar refractivity (Wildman–Crippen MR) is 131 cm³/mol. The number of thioether (sulfide) groups is 1. The van der Waals surface area contributed by atoms with Crippen molar-refractivity contribution in [1.29, 1.82) is 0 Å². The number of aromatic nitrogens is 2. The molecule has 32 heavy (non-hydrogen) atoms. The summed E-state index contributed by atoms with van der Waals surface area (Å²) in [5.41, 5.74) is 1.76. The van der Waals surface area contributed by atoms with Gasteiger partial charge in [0.15, 0.2) is 0 Å². The van der Waals surface area contributed by atoms with Crippen LogP contribution in [0.2, 0.25) is 0 Å². The van der Waals surface area contributed by atoms with Crippen molar-refractivity contribution in [2.24, 2.45) is 0 Å². The minimum absolute atomic E-state index is 0.335. The Labute approximate surface area is 193 Å². The Kier molecular flexibility index (Phi) is 8.24. The number of carbonyl (C=O) groups excluding carboxylic acids is 2. The zero-order chi connectivity index (χ0) is 23.1. The fourth-order valence-corrected chi connectivity index (χ4v) is 3.97. The summed E-state index contributed by atoms with van der Waals surface area (Å²) in [4.78, 5) is 39.8. The van der Waals surface area contributed by atoms with E-state index in [2.05, 4.69) is 41.2 Å². The van der Waals surface area contributed by atoms with Crippen molar-refractivity contribution >= 4 is 40.8 Å². The topological polar surface area (TPSA) is 81.7 Å². The van der Waals surface area contributed by atoms with Gasteiger partial charge in [-0.25, -0.2) is 4.98 Å². The Balaban J connectivity index is 1.89. The summed E-state index contributed by atoms with van der Waals surface area (Å²) >= 11 is 0.887. The van der Waals surface area contributed by atoms with Crippen LogP contribution in [0.4, 0.5) is 16.6 Å². The van der Waals surface area contributed by atoms with Crippen LogP contribution >= 0.6 is 11.8 Å². The van der Waals surface area contributed by atoms with Crippen LogP contribution in [0.1, 0.15) is 25.1 Å². The van der Waals surface area contributed by atoms with Crippen molar-refractivity contribution in [2.45, 2.75) is 20.4 Å². The van der Waals surface area contributed by atoms with Crippen LogP contribution in [0, 0.1) is 0 Å². The molecule has 1 aromatic heterocycles. The van der Waals surface area contributed by atoms with Gasteiger partial charge in [0.25, 0.3) is 11.1 Å². The fourth-order valence-electron chi connectivity index (χ4n) is 3.30. The lowest BCUT2D eigenvalue weighted by atomic mass is 10.2. The first-order valence-corrected chi connectivity index (χ1v) is 11.5. The number of hydrogen-bond donors (Lipinski definition) is 1. The summed E-state index contributed by atoms with van der Waals surface area (Å²) in [6.45, 7) is 8.64. The van der Waals surface area contributed by atoms with Crippen LogP contribution in [0.3, 0.4) is 0 Å². The summed E-state index contributed by atoms with van der Waals surface area (Å²) in [5, 5.41) is 1.92. The van der Waals surface area contributed by atoms with Gasteiger partial charge in [-0.2, -0.15) is 4.98 Å². The second-order valence-electron chi connectivity index (χ2n) is 7.59. The second-order valence-corrected chi connectivity index (χ2v) is 8.61. The smallest absolute Gasteiger partial charge is 0.290 e. The SMILES string of the molecule is CCN(CC)CCN(C)c1nc(/C=C2\SC(=O)NC2=O)cc(N(C)Cc2ccccc2)n1. The van der Waals surface area contributed by atoms with Crippen LogP contribution in [-0.2, 0) is 11.3 Å². The molecule has 2 amide bonds. The monoisotopic (exact) mass is 454 g/mol. The van der Waals surface area contributed by atoms with E-state index in [0.717, 1.165) is 43.8 Å². The van der Waals surface area contributed by atoms with Crippen molar-refractivity contribution in [3.63, 3.8) is 0 Å². The molecule has 2 aromatic rings. The van der Waals surface area contributed by atoms with Gasteiger partial charge in [-0.15, -0.1) is 0 Å². The molecule has 3 rings (SSSR count). The maximum absolute atomic E-state index is 12.0. The molecule has 0 atom stereocenters. The molecule has 170 valence electrons. The quantitative estimate of drug-likeness (QED) is 0.548. The highest BCUT2D eigenvalue weighted by Crippen LogP contribution is 2.27. The summed E-state index contributed by atoms with van der Waals surface area (Å²) in [6.07, 6.45) is 1.65. The van der Waals surface area contributed by atoms with Crippen molar-refractivity contribution in [2.75, 3.05) is 50.1 Å². The molecule has 9 heteroatoms. The molecule has 1 saturated heterocycles. The zero-order valence-electron chi connectivity index (χ0n) is 19.0. The summed E-state index contributed by atoms with van der Waals surface area (Å²) < 4.78 is 0. The van der Waals surface area contributed by atoms with Crippen LogP contribution < -0.4 is 15.1 Å². The summed E-state index contributed by atoms with van der Waals surface area (Å²) in [5.74, 6) is 0.931. The lowest BCUT2D eigenvalue weighted by Gasteiger charge is -2.25. The fraction of sp³-hybridized carbons (Fsp3) is 0.391. The van der Waals surface area contributed by atoms with Gasteiger partial charge in [0, 0.05) is 39.8 Å². The van der Waals surface area contributed by atoms with Crippen molar-refractivity contribution in [3.05, 3.63) is 52.6 Å². The molecule has 1 N–H and O–H groups in total. The summed E-state index contributed by atoms with van der Waals surface area (Å²) in [6, 6.07) is 12.0. The van der Waals surface area contributed by atoms with E-state index in [4.69, 9.17) is 4.98 Å². The first kappa shape index (κ1) is 23.7. The first-order valence-electron chi connectivity index (χ1n) is 10.7. The molecular formula is C23H30N6O2S. The number of amides is 2. The van der Waals surface area contributed by atoms with Gasteiger partial charge in [-0.1, -0.05) is 44.2 Å². The van der Waals surface area contributed by atoms with Gasteiger partial charge in [0.05, 0.1) is 10.6 Å². The number of carbonyl (C=O) groups is 2. The lowest BCUT2D eigenvalue weighted by molar-refractivity contribution is -0.115. The van der Waals surface area contributed by atoms with Gasteiger partial charge in [0.1, 0.15) is 5.82 Å². The summed E-state index contributed by atoms with van der Waals surface area (Å²) in [7, 11) is 3.95. The molecule has 0 bridgehead atoms. The number of imide groups is 1. The molecule has 1 aromatic carbocycles. The Morgan fingerprint density at radius 2 is 1.72 bits per heavy atom. The Bertz CT molecular complexity index is 978. The Morgan fingerprint density at radius 1 is 1.00 bits per heavy atom. The standard InChI is InChI=1S/C23H30N6O2S/c1-5-29(6-2)13-12-27(3)22-24-18(14-19-21(30)26-23(31)32-19)15-20(25-22)28(4)16-17-10-8-7-9-11-17/h7-11,14-15H,5-6,12-13,16H2,1-4H3,(H,26,30,31)/b19-14-. The van der Waals surface area contributed by atoms with Crippen LogP contribution in [-0.4, -0.2) is 66.3 Å². The lowest BCUT2D eigenvalue weighted by Crippen LogP contribution is -2.34. The van der Waals surface area contributed by atoms with Gasteiger partial charge in [-0.3, -0.25) is 14.9 Å². The minimum Gasteiger partial charge on any atom is -0.355 e. The third kappa shape index (κ3) is 6.30. The van der Waals surface area contributed by atoms with E-state index in [-0.39, 0.29) is 5.24 Å². The molecule has 1 fully saturated rings. The predicted octanol–water partition coefficient (Wildman–Crippen LogP) is 3.21. The third-order valence-electron chi connectivity index (χ3n) is 5.28. The highest BCUT2D eigenvalue weighted by molar-refractivity contribution is 8.18. The molecule has 1 aliphatic heterocycles. The van der Waals surface area contributed by atoms with E-state index in [1.54, 1.807) is 6.08 Å². The van der Waals surface area contributed by atoms with E-state index in [1.807, 2.05) is 48.2 Å². The van der Waals surface area contributed by atoms with Crippen LogP contribution in [0.25, 0.3) is 6.08 Å². The third-order valence-corrected chi connectivity index (χ3v) is 6.09. The van der Waals surface area contributed by atoms with Crippen molar-refractivity contribution < 1.29 is 9.59 Å². The number of nitrogens with one attached hydrogen (secondary N) is 1. The van der Waals surface area contributed by atoms with E-state index >= 15 is 0 Å². The average Bonchev–Trinajstić information content (AvgIpc) is 3.11. The van der Waals surface area contributed by atoms with E-state index in [1.165, 1.54) is 5.56 Å². The van der Waals surface area contributed by atoms with Crippen LogP contribution in [0.5, 0.6) is 0 Å². The van der Waals surface area contributed by atoms with E-state index < -0.39 is 5.91 Å². The van der Waals surface area contributed by atoms with Crippen molar-refractivity contribution in [1.82, 2.24) is 20.2 Å². The van der Waals surface area contributed by atoms with Gasteiger partial charge in [0.2, 0.25) is 5.95 Å². The minimum atomic E-state index is -0.394. The van der Waals surface area contributed by atoms with Gasteiger partial charge < -0.3 is 14.7 Å². The Hall–Kier alpha value is -2.91. The molecule has 1 aliphatic rings. The normalized spacial score (nSPS) is 14.8. The van der Waals surface area contributed by atoms with Crippen LogP contribution in [0.15, 0.2) is 41.3 Å². The molecule has 0 unspecified atom stereocenters. The van der Waals surface area contributed by atoms with E-state index in [9.17, 15) is 9.59 Å². The second kappa shape index (κ2) is 11.1. The number of anilines is 2. The number of benzene rings is 1. The molecule has 0 radical (unpaired) electrons. The molecule has 0 aliphatic carbocycles. The zero-order valence-corrected chi connectivity index (χ0v) is 19.9. The van der Waals surface area contributed by atoms with Gasteiger partial charge >= 0.3 is 0 Å². The molecule has 0 spiro atoms. The molecular weight excluding hydrogens is 424 g/mol. The van der Waals surface area contributed by atoms with Crippen molar-refractivity contribution in [3.8, 4) is 0 Å². The molecule has 8 nitrogen and oxygen atoms in total. The number of nitrogens with zero attached hydrogens (tertiary/aromatic N) is 5. The number of hydrogen-bond acceptors (Lipinski definition) is 8. The highest BCUT2D eigenvalue weighted by Gasteiger charge is 2.25. The van der Waals surface area contributed by atoms with Gasteiger partial charge in [-0.05, 0) is 36.5 Å². The Morgan fingerprint density at radius 3 is 2.34 bits per heavy atom. The maximum atomic E-state index is 12.0. The first-order chi connectivity index (χ1) is 15.4. The largest absolute Gasteiger partial charge is 0.355 e. The molecule has 2 heterocycles. The number of rotatable bonds is 10. The maximum Gasteiger partial charge on any atom is 0.290 e. The average molecular weight is 455 g/mol.